The third kappa shape index (κ3) is 5.82. The third-order valence-electron chi connectivity index (χ3n) is 4.98. The van der Waals surface area contributed by atoms with Crippen LogP contribution in [0.1, 0.15) is 0 Å². The van der Waals surface area contributed by atoms with E-state index in [1.54, 1.807) is 43.6 Å². The Morgan fingerprint density at radius 2 is 1.80 bits per heavy atom. The van der Waals surface area contributed by atoms with Crippen LogP contribution < -0.4 is 20.9 Å². The van der Waals surface area contributed by atoms with Gasteiger partial charge in [-0.3, -0.25) is 9.36 Å². The van der Waals surface area contributed by atoms with Crippen LogP contribution >= 0.6 is 22.9 Å². The van der Waals surface area contributed by atoms with Gasteiger partial charge in [0.1, 0.15) is 4.21 Å². The molecule has 182 valence electrons. The molecule has 3 N–H and O–H groups in total. The summed E-state index contributed by atoms with van der Waals surface area (Å²) in [6, 6.07) is 15.6. The van der Waals surface area contributed by atoms with Crippen molar-refractivity contribution in [2.24, 2.45) is 0 Å². The van der Waals surface area contributed by atoms with Crippen LogP contribution in [-0.2, 0) is 14.8 Å². The van der Waals surface area contributed by atoms with Crippen molar-refractivity contribution in [3.05, 3.63) is 81.6 Å². The van der Waals surface area contributed by atoms with Crippen LogP contribution in [0.15, 0.2) is 75.9 Å². The number of sulfonamides is 1. The van der Waals surface area contributed by atoms with Gasteiger partial charge in [0.15, 0.2) is 0 Å². The summed E-state index contributed by atoms with van der Waals surface area (Å²) in [5, 5.41) is 7.06. The number of methoxy groups -OCH3 is 1. The number of aromatic nitrogens is 1. The van der Waals surface area contributed by atoms with Crippen LogP contribution in [0.4, 0.5) is 16.2 Å². The van der Waals surface area contributed by atoms with Gasteiger partial charge >= 0.3 is 6.03 Å². The molecule has 0 saturated heterocycles. The second-order valence-corrected chi connectivity index (χ2v) is 11.0. The minimum absolute atomic E-state index is 0.0680. The lowest BCUT2D eigenvalue weighted by atomic mass is 10.1. The molecule has 12 heteroatoms. The number of rotatable bonds is 8. The highest BCUT2D eigenvalue weighted by atomic mass is 35.5. The summed E-state index contributed by atoms with van der Waals surface area (Å²) in [5.41, 5.74) is 1.65. The molecule has 0 aliphatic rings. The molecular formula is C23H21ClN4O5S2. The number of amides is 2. The Morgan fingerprint density at radius 1 is 1.06 bits per heavy atom. The first kappa shape index (κ1) is 24.7. The average Bonchev–Trinajstić information content (AvgIpc) is 3.27. The van der Waals surface area contributed by atoms with Crippen LogP contribution in [0.5, 0.6) is 0 Å². The van der Waals surface area contributed by atoms with Gasteiger partial charge in [-0.25, -0.2) is 17.9 Å². The second kappa shape index (κ2) is 10.5. The summed E-state index contributed by atoms with van der Waals surface area (Å²) in [5.74, 6) is 0. The fourth-order valence-electron chi connectivity index (χ4n) is 3.33. The summed E-state index contributed by atoms with van der Waals surface area (Å²) in [4.78, 5) is 25.2. The number of pyridine rings is 1. The van der Waals surface area contributed by atoms with Crippen LogP contribution in [0.2, 0.25) is 4.34 Å². The van der Waals surface area contributed by atoms with Crippen LogP contribution in [-0.4, -0.2) is 39.3 Å². The van der Waals surface area contributed by atoms with E-state index < -0.39 is 16.1 Å². The van der Waals surface area contributed by atoms with E-state index in [1.165, 1.54) is 16.7 Å². The summed E-state index contributed by atoms with van der Waals surface area (Å²) in [6.07, 6.45) is 1.68. The quantitative estimate of drug-likeness (QED) is 0.292. The highest BCUT2D eigenvalue weighted by Gasteiger charge is 2.19. The molecule has 0 radical (unpaired) electrons. The summed E-state index contributed by atoms with van der Waals surface area (Å²) in [7, 11) is -2.40. The van der Waals surface area contributed by atoms with E-state index in [4.69, 9.17) is 16.3 Å². The fourth-order valence-corrected chi connectivity index (χ4v) is 5.72. The predicted molar refractivity (Wildman–Crippen MR) is 139 cm³/mol. The van der Waals surface area contributed by atoms with Crippen molar-refractivity contribution in [2.75, 3.05) is 30.9 Å². The zero-order valence-electron chi connectivity index (χ0n) is 18.4. The van der Waals surface area contributed by atoms with Gasteiger partial charge in [-0.2, -0.15) is 0 Å². The van der Waals surface area contributed by atoms with Gasteiger partial charge in [0, 0.05) is 42.3 Å². The summed E-state index contributed by atoms with van der Waals surface area (Å²) >= 11 is 6.61. The van der Waals surface area contributed by atoms with Crippen molar-refractivity contribution in [3.8, 4) is 5.69 Å². The summed E-state index contributed by atoms with van der Waals surface area (Å²) < 4.78 is 33.2. The van der Waals surface area contributed by atoms with Gasteiger partial charge in [-0.15, -0.1) is 11.3 Å². The predicted octanol–water partition coefficient (Wildman–Crippen LogP) is 4.27. The molecule has 2 amide bonds. The minimum atomic E-state index is -4.03. The summed E-state index contributed by atoms with van der Waals surface area (Å²) in [6.45, 7) is 1.23. The Kier molecular flexibility index (Phi) is 7.41. The van der Waals surface area contributed by atoms with Crippen molar-refractivity contribution < 1.29 is 17.9 Å². The lowest BCUT2D eigenvalue weighted by Crippen LogP contribution is -2.33. The van der Waals surface area contributed by atoms with Crippen molar-refractivity contribution in [3.63, 3.8) is 0 Å². The molecule has 2 heterocycles. The molecule has 0 saturated carbocycles. The number of thiophene rings is 1. The number of urea groups is 1. The topological polar surface area (TPSA) is 119 Å². The zero-order valence-corrected chi connectivity index (χ0v) is 20.8. The highest BCUT2D eigenvalue weighted by Crippen LogP contribution is 2.25. The lowest BCUT2D eigenvalue weighted by Gasteiger charge is -2.11. The van der Waals surface area contributed by atoms with E-state index in [0.717, 1.165) is 22.4 Å². The standard InChI is InChI=1S/C23H21ClN4O5S2/c1-33-13-11-25-17-4-7-19-15(14-17)10-12-28(22(19)29)18-5-2-16(3-6-18)26-23(30)27-35(31,32)21-9-8-20(24)34-21/h2-10,12,14,25H,11,13H2,1H3,(H2,26,27,30). The number of hydrogen-bond donors (Lipinski definition) is 3. The third-order valence-corrected chi connectivity index (χ3v) is 8.04. The van der Waals surface area contributed by atoms with Gasteiger partial charge < -0.3 is 15.4 Å². The number of carbonyl (C=O) groups excluding carboxylic acids is 1. The van der Waals surface area contributed by atoms with Crippen LogP contribution in [0.25, 0.3) is 16.5 Å². The molecule has 0 atom stereocenters. The highest BCUT2D eigenvalue weighted by molar-refractivity contribution is 7.92. The number of nitrogens with one attached hydrogen (secondary N) is 3. The van der Waals surface area contributed by atoms with Gasteiger partial charge in [-0.1, -0.05) is 11.6 Å². The number of hydrogen-bond acceptors (Lipinski definition) is 7. The fraction of sp³-hybridized carbons (Fsp3) is 0.130. The first-order valence-corrected chi connectivity index (χ1v) is 13.0. The van der Waals surface area contributed by atoms with E-state index in [9.17, 15) is 18.0 Å². The Balaban J connectivity index is 1.47. The number of carbonyl (C=O) groups is 1. The SMILES string of the molecule is COCCNc1ccc2c(=O)n(-c3ccc(NC(=O)NS(=O)(=O)c4ccc(Cl)s4)cc3)ccc2c1. The lowest BCUT2D eigenvalue weighted by molar-refractivity contribution is 0.211. The Morgan fingerprint density at radius 3 is 2.49 bits per heavy atom. The van der Waals surface area contributed by atoms with Gasteiger partial charge in [0.05, 0.1) is 10.9 Å². The Labute approximate surface area is 210 Å². The van der Waals surface area contributed by atoms with Crippen molar-refractivity contribution >= 4 is 61.1 Å². The molecule has 4 aromatic rings. The molecular weight excluding hydrogens is 512 g/mol. The largest absolute Gasteiger partial charge is 0.383 e. The van der Waals surface area contributed by atoms with Gasteiger partial charge in [-0.05, 0) is 66.0 Å². The molecule has 0 aliphatic carbocycles. The van der Waals surface area contributed by atoms with E-state index >= 15 is 0 Å². The number of anilines is 2. The van der Waals surface area contributed by atoms with E-state index in [0.29, 0.717) is 34.2 Å². The van der Waals surface area contributed by atoms with E-state index in [1.807, 2.05) is 22.9 Å². The molecule has 2 aromatic heterocycles. The molecule has 0 fully saturated rings. The number of ether oxygens (including phenoxy) is 1. The van der Waals surface area contributed by atoms with Crippen LogP contribution in [0, 0.1) is 0 Å². The molecule has 35 heavy (non-hydrogen) atoms. The number of nitrogens with zero attached hydrogens (tertiary/aromatic N) is 1. The van der Waals surface area contributed by atoms with Crippen molar-refractivity contribution in [1.82, 2.24) is 9.29 Å². The van der Waals surface area contributed by atoms with E-state index in [-0.39, 0.29) is 9.77 Å². The number of fused-ring (bicyclic) bond motifs is 1. The smallest absolute Gasteiger partial charge is 0.333 e. The maximum Gasteiger partial charge on any atom is 0.333 e. The minimum Gasteiger partial charge on any atom is -0.383 e. The maximum absolute atomic E-state index is 13.0. The molecule has 2 aromatic carbocycles. The molecule has 9 nitrogen and oxygen atoms in total. The number of halogens is 1. The first-order chi connectivity index (χ1) is 16.8. The van der Waals surface area contributed by atoms with E-state index in [2.05, 4.69) is 10.6 Å². The van der Waals surface area contributed by atoms with Gasteiger partial charge in [0.25, 0.3) is 15.6 Å². The molecule has 0 aliphatic heterocycles. The maximum atomic E-state index is 13.0. The normalized spacial score (nSPS) is 11.4. The molecule has 4 rings (SSSR count). The zero-order chi connectivity index (χ0) is 25.0. The number of benzene rings is 2. The van der Waals surface area contributed by atoms with Gasteiger partial charge in [0.2, 0.25) is 0 Å². The molecule has 0 spiro atoms. The monoisotopic (exact) mass is 532 g/mol. The second-order valence-electron chi connectivity index (χ2n) is 7.38. The van der Waals surface area contributed by atoms with Crippen LogP contribution in [0.3, 0.4) is 0 Å². The Bertz CT molecular complexity index is 1530. The average molecular weight is 533 g/mol. The van der Waals surface area contributed by atoms with Crippen molar-refractivity contribution in [2.45, 2.75) is 4.21 Å². The Hall–Kier alpha value is -3.38. The molecule has 0 bridgehead atoms. The first-order valence-electron chi connectivity index (χ1n) is 10.3. The van der Waals surface area contributed by atoms with Crippen molar-refractivity contribution in [1.29, 1.82) is 0 Å². The molecule has 0 unspecified atom stereocenters.